The quantitative estimate of drug-likeness (QED) is 0.414. The average molecular weight is 538 g/mol. The molecule has 1 saturated carbocycles. The van der Waals surface area contributed by atoms with E-state index in [1.807, 2.05) is 55.5 Å². The first-order valence-corrected chi connectivity index (χ1v) is 13.4. The van der Waals surface area contributed by atoms with E-state index in [0.717, 1.165) is 47.0 Å². The molecule has 2 amide bonds. The van der Waals surface area contributed by atoms with Crippen molar-refractivity contribution in [3.05, 3.63) is 69.2 Å². The van der Waals surface area contributed by atoms with E-state index in [1.54, 1.807) is 16.7 Å². The van der Waals surface area contributed by atoms with Gasteiger partial charge < -0.3 is 10.2 Å². The number of amides is 2. The monoisotopic (exact) mass is 536 g/mol. The highest BCUT2D eigenvalue weighted by atomic mass is 79.9. The van der Waals surface area contributed by atoms with Gasteiger partial charge in [-0.25, -0.2) is 0 Å². The van der Waals surface area contributed by atoms with Crippen molar-refractivity contribution in [3.63, 3.8) is 0 Å². The number of nitrogens with one attached hydrogen (secondary N) is 1. The lowest BCUT2D eigenvalue weighted by Gasteiger charge is -2.31. The summed E-state index contributed by atoms with van der Waals surface area (Å²) in [6, 6.07) is 15.2. The van der Waals surface area contributed by atoms with Crippen LogP contribution in [0.1, 0.15) is 50.2 Å². The van der Waals surface area contributed by atoms with E-state index >= 15 is 0 Å². The average Bonchev–Trinajstić information content (AvgIpc) is 2.79. The summed E-state index contributed by atoms with van der Waals surface area (Å²) in [5, 5.41) is 3.88. The topological polar surface area (TPSA) is 49.4 Å². The fourth-order valence-electron chi connectivity index (χ4n) is 3.90. The summed E-state index contributed by atoms with van der Waals surface area (Å²) < 4.78 is 0.957. The number of rotatable bonds is 9. The van der Waals surface area contributed by atoms with Gasteiger partial charge in [0.2, 0.25) is 11.8 Å². The number of benzene rings is 2. The summed E-state index contributed by atoms with van der Waals surface area (Å²) >= 11 is 11.0. The molecule has 172 valence electrons. The third-order valence-corrected chi connectivity index (χ3v) is 7.50. The predicted molar refractivity (Wildman–Crippen MR) is 137 cm³/mol. The Balaban J connectivity index is 1.64. The molecule has 1 aliphatic rings. The third kappa shape index (κ3) is 7.82. The zero-order valence-electron chi connectivity index (χ0n) is 18.4. The smallest absolute Gasteiger partial charge is 0.242 e. The van der Waals surface area contributed by atoms with Crippen LogP contribution in [0.4, 0.5) is 0 Å². The van der Waals surface area contributed by atoms with E-state index in [9.17, 15) is 9.59 Å². The normalized spacial score (nSPS) is 15.2. The van der Waals surface area contributed by atoms with E-state index < -0.39 is 6.04 Å². The van der Waals surface area contributed by atoms with Gasteiger partial charge in [-0.3, -0.25) is 9.59 Å². The maximum atomic E-state index is 13.2. The molecule has 1 N–H and O–H groups in total. The fraction of sp³-hybridized carbons (Fsp3) is 0.440. The number of carbonyl (C=O) groups excluding carboxylic acids is 2. The zero-order chi connectivity index (χ0) is 22.9. The molecule has 32 heavy (non-hydrogen) atoms. The molecule has 7 heteroatoms. The van der Waals surface area contributed by atoms with E-state index in [2.05, 4.69) is 21.2 Å². The Morgan fingerprint density at radius 2 is 1.84 bits per heavy atom. The molecule has 3 rings (SSSR count). The predicted octanol–water partition coefficient (Wildman–Crippen LogP) is 6.20. The van der Waals surface area contributed by atoms with Crippen LogP contribution in [0, 0.1) is 0 Å². The van der Waals surface area contributed by atoms with Crippen LogP contribution in [0.3, 0.4) is 0 Å². The highest BCUT2D eigenvalue weighted by molar-refractivity contribution is 9.10. The first kappa shape index (κ1) is 25.1. The second kappa shape index (κ2) is 12.7. The number of hydrogen-bond acceptors (Lipinski definition) is 3. The SMILES string of the molecule is C[C@H](C(=O)NC1CCCCC1)N(Cc1cccc(Br)c1)C(=O)CSCc1ccc(Cl)cc1. The van der Waals surface area contributed by atoms with Gasteiger partial charge >= 0.3 is 0 Å². The first-order chi connectivity index (χ1) is 15.4. The standard InChI is InChI=1S/C25H30BrClN2O2S/c1-18(25(31)28-23-8-3-2-4-9-23)29(15-20-6-5-7-21(26)14-20)24(30)17-32-16-19-10-12-22(27)13-11-19/h5-7,10-14,18,23H,2-4,8-9,15-17H2,1H3,(H,28,31)/t18-/m1/s1. The van der Waals surface area contributed by atoms with Gasteiger partial charge in [0.05, 0.1) is 5.75 Å². The number of hydrogen-bond donors (Lipinski definition) is 1. The molecule has 1 fully saturated rings. The van der Waals surface area contributed by atoms with Crippen LogP contribution in [0.2, 0.25) is 5.02 Å². The molecule has 2 aromatic carbocycles. The van der Waals surface area contributed by atoms with Gasteiger partial charge in [0, 0.05) is 27.8 Å². The van der Waals surface area contributed by atoms with Crippen molar-refractivity contribution in [2.24, 2.45) is 0 Å². The van der Waals surface area contributed by atoms with Gasteiger partial charge in [-0.15, -0.1) is 11.8 Å². The van der Waals surface area contributed by atoms with Crippen molar-refractivity contribution >= 4 is 51.1 Å². The van der Waals surface area contributed by atoms with Crippen molar-refractivity contribution in [2.45, 2.75) is 63.4 Å². The zero-order valence-corrected chi connectivity index (χ0v) is 21.5. The molecule has 2 aromatic rings. The summed E-state index contributed by atoms with van der Waals surface area (Å²) in [7, 11) is 0. The number of thioether (sulfide) groups is 1. The first-order valence-electron chi connectivity index (χ1n) is 11.1. The molecule has 0 unspecified atom stereocenters. The maximum absolute atomic E-state index is 13.2. The third-order valence-electron chi connectivity index (χ3n) is 5.77. The lowest BCUT2D eigenvalue weighted by atomic mass is 9.95. The maximum Gasteiger partial charge on any atom is 0.242 e. The van der Waals surface area contributed by atoms with Gasteiger partial charge in [-0.1, -0.05) is 71.1 Å². The van der Waals surface area contributed by atoms with Crippen LogP contribution in [-0.4, -0.2) is 34.6 Å². The Morgan fingerprint density at radius 3 is 2.53 bits per heavy atom. The summed E-state index contributed by atoms with van der Waals surface area (Å²) in [6.07, 6.45) is 5.59. The van der Waals surface area contributed by atoms with E-state index in [0.29, 0.717) is 17.3 Å². The van der Waals surface area contributed by atoms with E-state index in [4.69, 9.17) is 11.6 Å². The van der Waals surface area contributed by atoms with Crippen LogP contribution < -0.4 is 5.32 Å². The Hall–Kier alpha value is -1.50. The minimum absolute atomic E-state index is 0.0322. The van der Waals surface area contributed by atoms with Crippen molar-refractivity contribution in [3.8, 4) is 0 Å². The van der Waals surface area contributed by atoms with Crippen LogP contribution in [0.5, 0.6) is 0 Å². The van der Waals surface area contributed by atoms with Crippen LogP contribution in [-0.2, 0) is 21.9 Å². The highest BCUT2D eigenvalue weighted by Gasteiger charge is 2.28. The fourth-order valence-corrected chi connectivity index (χ4v) is 5.35. The second-order valence-corrected chi connectivity index (χ2v) is 10.6. The molecule has 0 radical (unpaired) electrons. The minimum Gasteiger partial charge on any atom is -0.352 e. The molecule has 1 atom stereocenters. The Kier molecular flexibility index (Phi) is 9.94. The molecule has 0 saturated heterocycles. The summed E-state index contributed by atoms with van der Waals surface area (Å²) in [6.45, 7) is 2.23. The summed E-state index contributed by atoms with van der Waals surface area (Å²) in [5.74, 6) is 0.937. The molecule has 0 spiro atoms. The minimum atomic E-state index is -0.528. The second-order valence-electron chi connectivity index (χ2n) is 8.29. The van der Waals surface area contributed by atoms with Crippen LogP contribution in [0.25, 0.3) is 0 Å². The van der Waals surface area contributed by atoms with Gasteiger partial charge in [0.1, 0.15) is 6.04 Å². The van der Waals surface area contributed by atoms with Gasteiger partial charge in [0.15, 0.2) is 0 Å². The van der Waals surface area contributed by atoms with Crippen molar-refractivity contribution in [2.75, 3.05) is 5.75 Å². The lowest BCUT2D eigenvalue weighted by molar-refractivity contribution is -0.139. The number of nitrogens with zero attached hydrogens (tertiary/aromatic N) is 1. The molecule has 1 aliphatic carbocycles. The summed E-state index contributed by atoms with van der Waals surface area (Å²) in [4.78, 5) is 27.9. The Morgan fingerprint density at radius 1 is 1.12 bits per heavy atom. The molecule has 0 heterocycles. The summed E-state index contributed by atoms with van der Waals surface area (Å²) in [5.41, 5.74) is 2.11. The van der Waals surface area contributed by atoms with Crippen molar-refractivity contribution in [1.82, 2.24) is 10.2 Å². The number of halogens is 2. The van der Waals surface area contributed by atoms with Crippen molar-refractivity contribution in [1.29, 1.82) is 0 Å². The van der Waals surface area contributed by atoms with Crippen LogP contribution in [0.15, 0.2) is 53.0 Å². The largest absolute Gasteiger partial charge is 0.352 e. The Labute approximate surface area is 208 Å². The lowest BCUT2D eigenvalue weighted by Crippen LogP contribution is -2.50. The molecule has 0 aliphatic heterocycles. The molecular weight excluding hydrogens is 508 g/mol. The van der Waals surface area contributed by atoms with Gasteiger partial charge in [0.25, 0.3) is 0 Å². The van der Waals surface area contributed by atoms with E-state index in [1.165, 1.54) is 6.42 Å². The molecule has 0 bridgehead atoms. The molecule has 4 nitrogen and oxygen atoms in total. The Bertz CT molecular complexity index is 903. The van der Waals surface area contributed by atoms with E-state index in [-0.39, 0.29) is 17.9 Å². The molecule has 0 aromatic heterocycles. The van der Waals surface area contributed by atoms with Crippen LogP contribution >= 0.6 is 39.3 Å². The van der Waals surface area contributed by atoms with Gasteiger partial charge in [-0.05, 0) is 55.2 Å². The highest BCUT2D eigenvalue weighted by Crippen LogP contribution is 2.21. The van der Waals surface area contributed by atoms with Gasteiger partial charge in [-0.2, -0.15) is 0 Å². The van der Waals surface area contributed by atoms with Crippen molar-refractivity contribution < 1.29 is 9.59 Å². The number of carbonyl (C=O) groups is 2. The molecular formula is C25H30BrClN2O2S.